The molecule has 1 saturated heterocycles. The Morgan fingerprint density at radius 3 is 3.18 bits per heavy atom. The van der Waals surface area contributed by atoms with Crippen LogP contribution in [-0.2, 0) is 13.0 Å². The van der Waals surface area contributed by atoms with Gasteiger partial charge >= 0.3 is 0 Å². The van der Waals surface area contributed by atoms with Crippen molar-refractivity contribution in [2.24, 2.45) is 5.92 Å². The van der Waals surface area contributed by atoms with Gasteiger partial charge in [0.1, 0.15) is 12.2 Å². The fourth-order valence-electron chi connectivity index (χ4n) is 2.42. The summed E-state index contributed by atoms with van der Waals surface area (Å²) >= 11 is 2.07. The predicted octanol–water partition coefficient (Wildman–Crippen LogP) is 1.57. The Labute approximate surface area is 108 Å². The van der Waals surface area contributed by atoms with E-state index >= 15 is 0 Å². The lowest BCUT2D eigenvalue weighted by atomic mass is 9.96. The molecule has 1 aromatic heterocycles. The number of likely N-dealkylation sites (N-methyl/N-ethyl adjacent to an activating group) is 1. The van der Waals surface area contributed by atoms with Crippen molar-refractivity contribution in [2.75, 3.05) is 18.6 Å². The summed E-state index contributed by atoms with van der Waals surface area (Å²) < 4.78 is 2.05. The van der Waals surface area contributed by atoms with Crippen molar-refractivity contribution < 1.29 is 0 Å². The normalized spacial score (nSPS) is 21.9. The molecule has 0 amide bonds. The first kappa shape index (κ1) is 12.9. The third-order valence-corrected chi connectivity index (χ3v) is 4.63. The lowest BCUT2D eigenvalue weighted by molar-refractivity contribution is 0.389. The van der Waals surface area contributed by atoms with Crippen LogP contribution in [0, 0.1) is 5.92 Å². The van der Waals surface area contributed by atoms with E-state index in [-0.39, 0.29) is 0 Å². The summed E-state index contributed by atoms with van der Waals surface area (Å²) in [6.07, 6.45) is 5.13. The molecule has 17 heavy (non-hydrogen) atoms. The van der Waals surface area contributed by atoms with Gasteiger partial charge in [0.2, 0.25) is 0 Å². The van der Waals surface area contributed by atoms with Crippen molar-refractivity contribution in [1.29, 1.82) is 0 Å². The minimum atomic E-state index is 0.546. The molecule has 1 aliphatic rings. The van der Waals surface area contributed by atoms with Crippen molar-refractivity contribution in [1.82, 2.24) is 20.1 Å². The smallest absolute Gasteiger partial charge is 0.138 e. The highest BCUT2D eigenvalue weighted by Crippen LogP contribution is 2.27. The number of aromatic nitrogens is 3. The first-order valence-corrected chi connectivity index (χ1v) is 7.62. The second kappa shape index (κ2) is 6.40. The second-order valence-corrected chi connectivity index (χ2v) is 5.77. The van der Waals surface area contributed by atoms with Gasteiger partial charge in [-0.3, -0.25) is 4.68 Å². The fraction of sp³-hybridized carbons (Fsp3) is 0.833. The first-order valence-electron chi connectivity index (χ1n) is 6.46. The van der Waals surface area contributed by atoms with Gasteiger partial charge in [0.05, 0.1) is 0 Å². The third kappa shape index (κ3) is 3.22. The molecule has 5 heteroatoms. The molecule has 2 unspecified atom stereocenters. The number of rotatable bonds is 6. The average molecular weight is 254 g/mol. The van der Waals surface area contributed by atoms with E-state index in [4.69, 9.17) is 0 Å². The minimum Gasteiger partial charge on any atom is -0.316 e. The maximum atomic E-state index is 4.40. The largest absolute Gasteiger partial charge is 0.316 e. The van der Waals surface area contributed by atoms with Crippen LogP contribution in [0.2, 0.25) is 0 Å². The highest BCUT2D eigenvalue weighted by Gasteiger charge is 2.25. The number of hydrogen-bond acceptors (Lipinski definition) is 4. The standard InChI is InChI=1S/C12H22N4S/c1-3-5-16-12(14-9-15-16)7-11(13-2)10-4-6-17-8-10/h9-11,13H,3-8H2,1-2H3. The van der Waals surface area contributed by atoms with Gasteiger partial charge in [0.25, 0.3) is 0 Å². The zero-order valence-corrected chi connectivity index (χ0v) is 11.5. The van der Waals surface area contributed by atoms with Gasteiger partial charge in [-0.25, -0.2) is 4.98 Å². The van der Waals surface area contributed by atoms with Crippen molar-refractivity contribution in [3.8, 4) is 0 Å². The summed E-state index contributed by atoms with van der Waals surface area (Å²) in [6.45, 7) is 3.15. The van der Waals surface area contributed by atoms with Crippen molar-refractivity contribution in [2.45, 2.75) is 38.8 Å². The molecule has 1 fully saturated rings. The van der Waals surface area contributed by atoms with Crippen LogP contribution in [0.5, 0.6) is 0 Å². The highest BCUT2D eigenvalue weighted by molar-refractivity contribution is 7.99. The summed E-state index contributed by atoms with van der Waals surface area (Å²) in [5.74, 6) is 4.51. The van der Waals surface area contributed by atoms with E-state index in [9.17, 15) is 0 Å². The quantitative estimate of drug-likeness (QED) is 0.837. The van der Waals surface area contributed by atoms with E-state index in [0.717, 1.165) is 31.1 Å². The van der Waals surface area contributed by atoms with Crippen LogP contribution in [0.4, 0.5) is 0 Å². The van der Waals surface area contributed by atoms with E-state index in [1.165, 1.54) is 17.9 Å². The van der Waals surface area contributed by atoms with Crippen LogP contribution < -0.4 is 5.32 Å². The van der Waals surface area contributed by atoms with E-state index in [2.05, 4.69) is 41.1 Å². The molecule has 4 nitrogen and oxygen atoms in total. The van der Waals surface area contributed by atoms with Gasteiger partial charge in [-0.2, -0.15) is 16.9 Å². The molecular formula is C12H22N4S. The number of hydrogen-bond donors (Lipinski definition) is 1. The van der Waals surface area contributed by atoms with Crippen molar-refractivity contribution in [3.05, 3.63) is 12.2 Å². The Morgan fingerprint density at radius 1 is 1.65 bits per heavy atom. The molecule has 1 aliphatic heterocycles. The van der Waals surface area contributed by atoms with E-state index in [0.29, 0.717) is 6.04 Å². The molecule has 0 radical (unpaired) electrons. The van der Waals surface area contributed by atoms with Gasteiger partial charge in [-0.05, 0) is 37.3 Å². The van der Waals surface area contributed by atoms with Gasteiger partial charge in [-0.1, -0.05) is 6.92 Å². The van der Waals surface area contributed by atoms with Gasteiger partial charge in [-0.15, -0.1) is 0 Å². The molecule has 96 valence electrons. The molecule has 2 rings (SSSR count). The van der Waals surface area contributed by atoms with Crippen LogP contribution in [0.25, 0.3) is 0 Å². The van der Waals surface area contributed by atoms with E-state index < -0.39 is 0 Å². The Balaban J connectivity index is 1.99. The lowest BCUT2D eigenvalue weighted by Crippen LogP contribution is -2.36. The van der Waals surface area contributed by atoms with Crippen LogP contribution >= 0.6 is 11.8 Å². The summed E-state index contributed by atoms with van der Waals surface area (Å²) in [7, 11) is 2.06. The van der Waals surface area contributed by atoms with Crippen molar-refractivity contribution in [3.63, 3.8) is 0 Å². The summed E-state index contributed by atoms with van der Waals surface area (Å²) in [4.78, 5) is 4.40. The summed E-state index contributed by atoms with van der Waals surface area (Å²) in [5, 5.41) is 7.75. The minimum absolute atomic E-state index is 0.546. The molecule has 0 spiro atoms. The molecule has 0 bridgehead atoms. The zero-order valence-electron chi connectivity index (χ0n) is 10.7. The van der Waals surface area contributed by atoms with Crippen LogP contribution in [-0.4, -0.2) is 39.4 Å². The molecule has 1 aromatic rings. The maximum Gasteiger partial charge on any atom is 0.138 e. The average Bonchev–Trinajstić information content (AvgIpc) is 2.97. The van der Waals surface area contributed by atoms with Crippen LogP contribution in [0.3, 0.4) is 0 Å². The molecule has 2 atom stereocenters. The number of nitrogens with zero attached hydrogens (tertiary/aromatic N) is 3. The monoisotopic (exact) mass is 254 g/mol. The molecule has 1 N–H and O–H groups in total. The van der Waals surface area contributed by atoms with Gasteiger partial charge < -0.3 is 5.32 Å². The summed E-state index contributed by atoms with van der Waals surface area (Å²) in [5.41, 5.74) is 0. The third-order valence-electron chi connectivity index (χ3n) is 3.44. The van der Waals surface area contributed by atoms with Crippen molar-refractivity contribution >= 4 is 11.8 Å². The Bertz CT molecular complexity index is 333. The molecule has 2 heterocycles. The Kier molecular flexibility index (Phi) is 4.86. The van der Waals surface area contributed by atoms with Gasteiger partial charge in [0.15, 0.2) is 0 Å². The number of aryl methyl sites for hydroxylation is 1. The topological polar surface area (TPSA) is 42.7 Å². The predicted molar refractivity (Wildman–Crippen MR) is 72.3 cm³/mol. The summed E-state index contributed by atoms with van der Waals surface area (Å²) in [6, 6.07) is 0.546. The molecule has 0 aliphatic carbocycles. The lowest BCUT2D eigenvalue weighted by Gasteiger charge is -2.22. The number of nitrogens with one attached hydrogen (secondary N) is 1. The van der Waals surface area contributed by atoms with E-state index in [1.807, 2.05) is 4.68 Å². The molecule has 0 aromatic carbocycles. The highest BCUT2D eigenvalue weighted by atomic mass is 32.2. The van der Waals surface area contributed by atoms with E-state index in [1.54, 1.807) is 6.33 Å². The zero-order chi connectivity index (χ0) is 12.1. The Hall–Kier alpha value is -0.550. The first-order chi connectivity index (χ1) is 8.35. The van der Waals surface area contributed by atoms with Crippen LogP contribution in [0.15, 0.2) is 6.33 Å². The van der Waals surface area contributed by atoms with Crippen LogP contribution in [0.1, 0.15) is 25.6 Å². The molecular weight excluding hydrogens is 232 g/mol. The Morgan fingerprint density at radius 2 is 2.53 bits per heavy atom. The maximum absolute atomic E-state index is 4.40. The fourth-order valence-corrected chi connectivity index (χ4v) is 3.75. The number of thioether (sulfide) groups is 1. The van der Waals surface area contributed by atoms with Gasteiger partial charge in [0, 0.05) is 19.0 Å². The molecule has 0 saturated carbocycles. The second-order valence-electron chi connectivity index (χ2n) is 4.62. The SMILES string of the molecule is CCCn1ncnc1CC(NC)C1CCSC1.